The lowest BCUT2D eigenvalue weighted by Gasteiger charge is -2.30. The number of rotatable bonds is 6. The monoisotopic (exact) mass is 541 g/mol. The lowest BCUT2D eigenvalue weighted by Crippen LogP contribution is -2.43. The van der Waals surface area contributed by atoms with Crippen LogP contribution in [0.4, 0.5) is 10.6 Å². The number of ether oxygens (including phenoxy) is 2. The normalized spacial score (nSPS) is 25.5. The number of fused-ring (bicyclic) bond motifs is 1. The summed E-state index contributed by atoms with van der Waals surface area (Å²) in [5.41, 5.74) is 6.69. The van der Waals surface area contributed by atoms with Gasteiger partial charge in [0.15, 0.2) is 23.8 Å². The molecule has 2 amide bonds. The molecule has 0 bridgehead atoms. The van der Waals surface area contributed by atoms with Crippen LogP contribution < -0.4 is 11.1 Å². The molecular weight excluding hydrogens is 506 g/mol. The average molecular weight is 542 g/mol. The topological polar surface area (TPSA) is 178 Å². The van der Waals surface area contributed by atoms with Crippen LogP contribution in [0.15, 0.2) is 6.33 Å². The van der Waals surface area contributed by atoms with Crippen molar-refractivity contribution in [2.24, 2.45) is 11.8 Å². The predicted molar refractivity (Wildman–Crippen MR) is 139 cm³/mol. The molecule has 2 aliphatic heterocycles. The Morgan fingerprint density at radius 1 is 1.21 bits per heavy atom. The van der Waals surface area contributed by atoms with Gasteiger partial charge in [-0.05, 0) is 43.4 Å². The minimum Gasteiger partial charge on any atom is -0.449 e. The van der Waals surface area contributed by atoms with Crippen LogP contribution in [0.5, 0.6) is 0 Å². The first-order valence-electron chi connectivity index (χ1n) is 13.4. The number of aromatic nitrogens is 4. The Balaban J connectivity index is 1.23. The van der Waals surface area contributed by atoms with Crippen molar-refractivity contribution in [2.45, 2.75) is 76.5 Å². The van der Waals surface area contributed by atoms with Crippen molar-refractivity contribution in [3.63, 3.8) is 0 Å². The second-order valence-electron chi connectivity index (χ2n) is 10.9. The summed E-state index contributed by atoms with van der Waals surface area (Å²) >= 11 is 0. The second kappa shape index (κ2) is 11.3. The zero-order chi connectivity index (χ0) is 27.7. The molecule has 0 aromatic carbocycles. The lowest BCUT2D eigenvalue weighted by molar-refractivity contribution is -0.137. The maximum atomic E-state index is 12.5. The molecule has 3 fully saturated rings. The molecule has 2 aromatic rings. The van der Waals surface area contributed by atoms with Crippen LogP contribution in [-0.2, 0) is 14.3 Å². The van der Waals surface area contributed by atoms with Gasteiger partial charge < -0.3 is 35.6 Å². The Kier molecular flexibility index (Phi) is 7.88. The highest BCUT2D eigenvalue weighted by Crippen LogP contribution is 2.33. The van der Waals surface area contributed by atoms with Crippen LogP contribution in [0.3, 0.4) is 0 Å². The number of piperidine rings is 1. The van der Waals surface area contributed by atoms with Crippen molar-refractivity contribution in [1.29, 1.82) is 0 Å². The summed E-state index contributed by atoms with van der Waals surface area (Å²) in [7, 11) is 0. The molecule has 2 aromatic heterocycles. The fourth-order valence-electron chi connectivity index (χ4n) is 4.72. The smallest absolute Gasteiger partial charge is 0.409 e. The first kappa shape index (κ1) is 27.1. The molecule has 0 spiro atoms. The molecule has 5 N–H and O–H groups in total. The van der Waals surface area contributed by atoms with Crippen LogP contribution in [0.2, 0.25) is 0 Å². The Morgan fingerprint density at radius 2 is 1.95 bits per heavy atom. The van der Waals surface area contributed by atoms with Crippen LogP contribution in [0, 0.1) is 23.7 Å². The molecule has 13 heteroatoms. The second-order valence-corrected chi connectivity index (χ2v) is 10.9. The highest BCUT2D eigenvalue weighted by molar-refractivity contribution is 5.83. The molecule has 210 valence electrons. The lowest BCUT2D eigenvalue weighted by atomic mass is 9.94. The number of carbonyl (C=O) groups is 2. The zero-order valence-corrected chi connectivity index (χ0v) is 22.1. The fourth-order valence-corrected chi connectivity index (χ4v) is 4.72. The van der Waals surface area contributed by atoms with Crippen molar-refractivity contribution in [2.75, 3.05) is 25.4 Å². The van der Waals surface area contributed by atoms with E-state index in [9.17, 15) is 19.8 Å². The third kappa shape index (κ3) is 6.08. The summed E-state index contributed by atoms with van der Waals surface area (Å²) < 4.78 is 12.5. The summed E-state index contributed by atoms with van der Waals surface area (Å²) in [6.07, 6.45) is 0.0726. The van der Waals surface area contributed by atoms with Gasteiger partial charge in [0.1, 0.15) is 17.7 Å². The van der Waals surface area contributed by atoms with E-state index in [2.05, 4.69) is 32.1 Å². The molecule has 3 aliphatic rings. The molecule has 1 unspecified atom stereocenters. The van der Waals surface area contributed by atoms with Crippen LogP contribution >= 0.6 is 0 Å². The van der Waals surface area contributed by atoms with Crippen molar-refractivity contribution >= 4 is 29.0 Å². The van der Waals surface area contributed by atoms with E-state index in [0.717, 1.165) is 25.7 Å². The summed E-state index contributed by atoms with van der Waals surface area (Å²) in [6.45, 7) is 5.69. The van der Waals surface area contributed by atoms with Gasteiger partial charge in [-0.3, -0.25) is 9.36 Å². The van der Waals surface area contributed by atoms with Gasteiger partial charge in [0.25, 0.3) is 5.91 Å². The molecule has 39 heavy (non-hydrogen) atoms. The number of hydrogen-bond acceptors (Lipinski definition) is 10. The number of amides is 2. The van der Waals surface area contributed by atoms with Crippen molar-refractivity contribution < 1.29 is 29.3 Å². The molecular formula is C26H35N7O6. The minimum absolute atomic E-state index is 0.0889. The number of nitrogens with one attached hydrogen (secondary N) is 1. The summed E-state index contributed by atoms with van der Waals surface area (Å²) in [5, 5.41) is 23.9. The van der Waals surface area contributed by atoms with Crippen LogP contribution in [-0.4, -0.2) is 90.7 Å². The van der Waals surface area contributed by atoms with Crippen LogP contribution in [0.1, 0.15) is 58.0 Å². The average Bonchev–Trinajstić information content (AvgIpc) is 3.55. The highest BCUT2D eigenvalue weighted by atomic mass is 16.6. The van der Waals surface area contributed by atoms with Gasteiger partial charge >= 0.3 is 6.09 Å². The SMILES string of the molecule is CC(C)COC(=O)N1CCC(CC#Cc2nc(N)c3ncn(C4O[C@H](C(=O)NC5CC5)[C@H](O)[C@@H]4O)c3n2)CC1. The number of nitrogens with two attached hydrogens (primary N) is 1. The van der Waals surface area contributed by atoms with Gasteiger partial charge in [-0.15, -0.1) is 0 Å². The van der Waals surface area contributed by atoms with E-state index < -0.39 is 30.4 Å². The zero-order valence-electron chi connectivity index (χ0n) is 22.1. The summed E-state index contributed by atoms with van der Waals surface area (Å²) in [6, 6.07) is 0.0889. The highest BCUT2D eigenvalue weighted by Gasteiger charge is 2.48. The number of anilines is 1. The van der Waals surface area contributed by atoms with Crippen molar-refractivity contribution in [3.8, 4) is 11.8 Å². The standard InChI is InChI=1S/C26H35N7O6/c1-14(2)12-38-26(37)32-10-8-15(9-11-32)4-3-5-17-30-22(27)18-23(31-17)33(13-28-18)25-20(35)19(34)21(39-25)24(36)29-16-6-7-16/h13-16,19-21,25,34-35H,4,6-12H2,1-2H3,(H,29,36)(H2,27,30,31)/t19-,20+,21+,25?/m1/s1. The van der Waals surface area contributed by atoms with E-state index in [1.807, 2.05) is 13.8 Å². The first-order chi connectivity index (χ1) is 18.7. The fraction of sp³-hybridized carbons (Fsp3) is 0.654. The molecule has 0 radical (unpaired) electrons. The number of carbonyl (C=O) groups excluding carboxylic acids is 2. The third-order valence-electron chi connectivity index (χ3n) is 7.15. The molecule has 4 heterocycles. The number of aliphatic hydroxyl groups excluding tert-OH is 2. The number of aliphatic hydroxyl groups is 2. The van der Waals surface area contributed by atoms with E-state index in [1.165, 1.54) is 10.9 Å². The van der Waals surface area contributed by atoms with E-state index in [4.69, 9.17) is 15.2 Å². The van der Waals surface area contributed by atoms with E-state index in [-0.39, 0.29) is 29.4 Å². The van der Waals surface area contributed by atoms with Crippen molar-refractivity contribution in [3.05, 3.63) is 12.2 Å². The van der Waals surface area contributed by atoms with Gasteiger partial charge in [-0.2, -0.15) is 0 Å². The molecule has 5 rings (SSSR count). The number of hydrogen-bond donors (Lipinski definition) is 4. The Labute approximate surface area is 226 Å². The van der Waals surface area contributed by atoms with E-state index in [1.54, 1.807) is 4.90 Å². The maximum absolute atomic E-state index is 12.5. The van der Waals surface area contributed by atoms with Gasteiger partial charge in [0, 0.05) is 25.6 Å². The minimum atomic E-state index is -1.41. The van der Waals surface area contributed by atoms with Gasteiger partial charge in [-0.25, -0.2) is 19.7 Å². The molecule has 1 saturated carbocycles. The van der Waals surface area contributed by atoms with E-state index in [0.29, 0.717) is 43.5 Å². The molecule has 1 aliphatic carbocycles. The maximum Gasteiger partial charge on any atom is 0.409 e. The van der Waals surface area contributed by atoms with Crippen LogP contribution in [0.25, 0.3) is 11.2 Å². The van der Waals surface area contributed by atoms with Crippen molar-refractivity contribution in [1.82, 2.24) is 29.7 Å². The number of nitrogens with zero attached hydrogens (tertiary/aromatic N) is 5. The third-order valence-corrected chi connectivity index (χ3v) is 7.15. The Hall–Kier alpha value is -3.47. The predicted octanol–water partition coefficient (Wildman–Crippen LogP) is 0.553. The van der Waals surface area contributed by atoms with E-state index >= 15 is 0 Å². The number of imidazole rings is 1. The molecule has 2 saturated heterocycles. The number of nitrogen functional groups attached to an aromatic ring is 1. The Bertz CT molecular complexity index is 1270. The number of likely N-dealkylation sites (tertiary alicyclic amines) is 1. The quantitative estimate of drug-likeness (QED) is 0.378. The molecule has 4 atom stereocenters. The summed E-state index contributed by atoms with van der Waals surface area (Å²) in [5.74, 6) is 6.56. The van der Waals surface area contributed by atoms with Gasteiger partial charge in [0.2, 0.25) is 5.82 Å². The Morgan fingerprint density at radius 3 is 2.64 bits per heavy atom. The van der Waals surface area contributed by atoms with Gasteiger partial charge in [0.05, 0.1) is 12.9 Å². The molecule has 13 nitrogen and oxygen atoms in total. The largest absolute Gasteiger partial charge is 0.449 e. The first-order valence-corrected chi connectivity index (χ1v) is 13.4. The summed E-state index contributed by atoms with van der Waals surface area (Å²) in [4.78, 5) is 39.3. The van der Waals surface area contributed by atoms with Gasteiger partial charge in [-0.1, -0.05) is 19.8 Å².